The summed E-state index contributed by atoms with van der Waals surface area (Å²) >= 11 is 0. The number of rotatable bonds is 5. The number of para-hydroxylation sites is 2. The van der Waals surface area contributed by atoms with Crippen LogP contribution in [0.5, 0.6) is 5.75 Å². The molecule has 1 aliphatic rings. The summed E-state index contributed by atoms with van der Waals surface area (Å²) in [7, 11) is 1.73. The van der Waals surface area contributed by atoms with E-state index in [2.05, 4.69) is 0 Å². The van der Waals surface area contributed by atoms with Crippen LogP contribution in [0.25, 0.3) is 0 Å². The number of anilines is 1. The topological polar surface area (TPSA) is 75.9 Å². The Kier molecular flexibility index (Phi) is 5.03. The highest BCUT2D eigenvalue weighted by molar-refractivity contribution is 6.00. The van der Waals surface area contributed by atoms with E-state index in [0.717, 1.165) is 0 Å². The van der Waals surface area contributed by atoms with E-state index in [9.17, 15) is 9.59 Å². The van der Waals surface area contributed by atoms with Gasteiger partial charge in [0.05, 0.1) is 5.69 Å². The molecule has 0 spiro atoms. The highest BCUT2D eigenvalue weighted by Crippen LogP contribution is 2.33. The van der Waals surface area contributed by atoms with Crippen LogP contribution in [0.2, 0.25) is 0 Å². The average molecular weight is 305 g/mol. The van der Waals surface area contributed by atoms with Crippen LogP contribution in [0.4, 0.5) is 5.69 Å². The number of nitrogens with two attached hydrogens (primary N) is 1. The van der Waals surface area contributed by atoms with E-state index in [1.54, 1.807) is 23.8 Å². The van der Waals surface area contributed by atoms with Gasteiger partial charge >= 0.3 is 0 Å². The number of hydrogen-bond donors (Lipinski definition) is 1. The lowest BCUT2D eigenvalue weighted by Crippen LogP contribution is -2.46. The molecule has 0 bridgehead atoms. The third kappa shape index (κ3) is 3.22. The molecule has 1 aromatic carbocycles. The van der Waals surface area contributed by atoms with E-state index < -0.39 is 6.10 Å². The normalized spacial score (nSPS) is 18.5. The summed E-state index contributed by atoms with van der Waals surface area (Å²) in [6, 6.07) is 7.36. The molecule has 0 saturated heterocycles. The summed E-state index contributed by atoms with van der Waals surface area (Å²) in [5.74, 6) is 0.522. The molecule has 0 radical (unpaired) electrons. The molecule has 2 amide bonds. The van der Waals surface area contributed by atoms with Crippen LogP contribution in [-0.2, 0) is 9.59 Å². The summed E-state index contributed by atoms with van der Waals surface area (Å²) in [5.41, 5.74) is 6.29. The van der Waals surface area contributed by atoms with Crippen molar-refractivity contribution in [3.05, 3.63) is 24.3 Å². The number of carbonyl (C=O) groups is 2. The SMILES string of the molecule is CC1Oc2ccccc2N(CCC(=O)N(C)C(C)CN)C1=O. The Morgan fingerprint density at radius 3 is 2.82 bits per heavy atom. The van der Waals surface area contributed by atoms with Gasteiger partial charge < -0.3 is 20.3 Å². The maximum Gasteiger partial charge on any atom is 0.267 e. The van der Waals surface area contributed by atoms with Gasteiger partial charge in [0.1, 0.15) is 5.75 Å². The first kappa shape index (κ1) is 16.3. The predicted molar refractivity (Wildman–Crippen MR) is 84.8 cm³/mol. The van der Waals surface area contributed by atoms with Gasteiger partial charge in [-0.1, -0.05) is 12.1 Å². The van der Waals surface area contributed by atoms with Gasteiger partial charge in [-0.2, -0.15) is 0 Å². The number of fused-ring (bicyclic) bond motifs is 1. The van der Waals surface area contributed by atoms with E-state index >= 15 is 0 Å². The zero-order valence-electron chi connectivity index (χ0n) is 13.3. The van der Waals surface area contributed by atoms with Crippen LogP contribution in [0.15, 0.2) is 24.3 Å². The number of amides is 2. The monoisotopic (exact) mass is 305 g/mol. The Bertz CT molecular complexity index is 561. The summed E-state index contributed by atoms with van der Waals surface area (Å²) in [5, 5.41) is 0. The van der Waals surface area contributed by atoms with E-state index in [1.807, 2.05) is 31.2 Å². The van der Waals surface area contributed by atoms with Crippen molar-refractivity contribution in [3.63, 3.8) is 0 Å². The highest BCUT2D eigenvalue weighted by Gasteiger charge is 2.31. The Labute approximate surface area is 130 Å². The minimum absolute atomic E-state index is 0.0147. The molecule has 1 aliphatic heterocycles. The average Bonchev–Trinajstić information content (AvgIpc) is 2.53. The van der Waals surface area contributed by atoms with Crippen LogP contribution in [0, 0.1) is 0 Å². The van der Waals surface area contributed by atoms with Gasteiger partial charge in [-0.05, 0) is 26.0 Å². The molecule has 2 rings (SSSR count). The third-order valence-corrected chi connectivity index (χ3v) is 4.02. The van der Waals surface area contributed by atoms with Crippen LogP contribution < -0.4 is 15.4 Å². The quantitative estimate of drug-likeness (QED) is 0.880. The van der Waals surface area contributed by atoms with Crippen LogP contribution in [0.1, 0.15) is 20.3 Å². The molecule has 6 nitrogen and oxygen atoms in total. The summed E-state index contributed by atoms with van der Waals surface area (Å²) in [4.78, 5) is 27.8. The van der Waals surface area contributed by atoms with Gasteiger partial charge in [-0.15, -0.1) is 0 Å². The van der Waals surface area contributed by atoms with Gasteiger partial charge in [0.2, 0.25) is 5.91 Å². The summed E-state index contributed by atoms with van der Waals surface area (Å²) in [6.45, 7) is 4.37. The second-order valence-corrected chi connectivity index (χ2v) is 5.56. The van der Waals surface area contributed by atoms with Gasteiger partial charge in [-0.3, -0.25) is 9.59 Å². The Morgan fingerprint density at radius 2 is 2.14 bits per heavy atom. The van der Waals surface area contributed by atoms with Crippen molar-refractivity contribution in [1.29, 1.82) is 0 Å². The molecule has 2 N–H and O–H groups in total. The summed E-state index contributed by atoms with van der Waals surface area (Å²) < 4.78 is 5.58. The van der Waals surface area contributed by atoms with Gasteiger partial charge in [0, 0.05) is 32.6 Å². The Morgan fingerprint density at radius 1 is 1.45 bits per heavy atom. The lowest BCUT2D eigenvalue weighted by Gasteiger charge is -2.33. The van der Waals surface area contributed by atoms with Crippen molar-refractivity contribution in [2.75, 3.05) is 25.0 Å². The van der Waals surface area contributed by atoms with Crippen molar-refractivity contribution in [3.8, 4) is 5.75 Å². The Balaban J connectivity index is 2.09. The molecule has 0 fully saturated rings. The largest absolute Gasteiger partial charge is 0.479 e. The molecule has 0 saturated carbocycles. The molecular formula is C16H23N3O3. The molecule has 1 heterocycles. The van der Waals surface area contributed by atoms with Crippen LogP contribution in [-0.4, -0.2) is 49.0 Å². The molecule has 0 aromatic heterocycles. The second kappa shape index (κ2) is 6.79. The van der Waals surface area contributed by atoms with Crippen molar-refractivity contribution < 1.29 is 14.3 Å². The molecule has 0 aliphatic carbocycles. The fourth-order valence-electron chi connectivity index (χ4n) is 2.38. The zero-order chi connectivity index (χ0) is 16.3. The molecule has 2 unspecified atom stereocenters. The maximum absolute atomic E-state index is 12.3. The first-order chi connectivity index (χ1) is 10.5. The molecule has 1 aromatic rings. The third-order valence-electron chi connectivity index (χ3n) is 4.02. The lowest BCUT2D eigenvalue weighted by atomic mass is 10.1. The fourth-order valence-corrected chi connectivity index (χ4v) is 2.38. The van der Waals surface area contributed by atoms with E-state index in [0.29, 0.717) is 24.5 Å². The number of ether oxygens (including phenoxy) is 1. The maximum atomic E-state index is 12.3. The van der Waals surface area contributed by atoms with Gasteiger partial charge in [0.25, 0.3) is 5.91 Å². The fraction of sp³-hybridized carbons (Fsp3) is 0.500. The number of likely N-dealkylation sites (N-methyl/N-ethyl adjacent to an activating group) is 1. The highest BCUT2D eigenvalue weighted by atomic mass is 16.5. The molecule has 22 heavy (non-hydrogen) atoms. The number of carbonyl (C=O) groups excluding carboxylic acids is 2. The first-order valence-corrected chi connectivity index (χ1v) is 7.48. The number of hydrogen-bond acceptors (Lipinski definition) is 4. The van der Waals surface area contributed by atoms with E-state index in [4.69, 9.17) is 10.5 Å². The van der Waals surface area contributed by atoms with Crippen molar-refractivity contribution >= 4 is 17.5 Å². The Hall–Kier alpha value is -2.08. The molecular weight excluding hydrogens is 282 g/mol. The van der Waals surface area contributed by atoms with Crippen molar-refractivity contribution in [1.82, 2.24) is 4.90 Å². The zero-order valence-corrected chi connectivity index (χ0v) is 13.3. The number of benzene rings is 1. The minimum Gasteiger partial charge on any atom is -0.479 e. The molecule has 6 heteroatoms. The second-order valence-electron chi connectivity index (χ2n) is 5.56. The predicted octanol–water partition coefficient (Wildman–Crippen LogP) is 0.996. The molecule has 2 atom stereocenters. The van der Waals surface area contributed by atoms with E-state index in [1.165, 1.54) is 0 Å². The molecule has 120 valence electrons. The minimum atomic E-state index is -0.536. The van der Waals surface area contributed by atoms with Crippen LogP contribution >= 0.6 is 0 Å². The van der Waals surface area contributed by atoms with Crippen molar-refractivity contribution in [2.24, 2.45) is 5.73 Å². The van der Waals surface area contributed by atoms with Crippen molar-refractivity contribution in [2.45, 2.75) is 32.4 Å². The smallest absolute Gasteiger partial charge is 0.267 e. The van der Waals surface area contributed by atoms with Gasteiger partial charge in [0.15, 0.2) is 6.10 Å². The lowest BCUT2D eigenvalue weighted by molar-refractivity contribution is -0.131. The first-order valence-electron chi connectivity index (χ1n) is 7.48. The standard InChI is InChI=1S/C16H23N3O3/c1-11(10-17)18(3)15(20)8-9-19-13-6-4-5-7-14(13)22-12(2)16(19)21/h4-7,11-12H,8-10,17H2,1-3H3. The summed E-state index contributed by atoms with van der Waals surface area (Å²) in [6.07, 6.45) is -0.279. The van der Waals surface area contributed by atoms with Crippen LogP contribution in [0.3, 0.4) is 0 Å². The number of nitrogens with zero attached hydrogens (tertiary/aromatic N) is 2. The van der Waals surface area contributed by atoms with E-state index in [-0.39, 0.29) is 24.3 Å². The van der Waals surface area contributed by atoms with Gasteiger partial charge in [-0.25, -0.2) is 0 Å².